The Hall–Kier alpha value is -1.91. The van der Waals surface area contributed by atoms with Crippen LogP contribution in [-0.4, -0.2) is 24.0 Å². The average Bonchev–Trinajstić information content (AvgIpc) is 2.28. The van der Waals surface area contributed by atoms with Gasteiger partial charge in [0, 0.05) is 18.2 Å². The maximum atomic E-state index is 11.1. The molecule has 0 saturated carbocycles. The highest BCUT2D eigenvalue weighted by Crippen LogP contribution is 2.29. The van der Waals surface area contributed by atoms with Crippen molar-refractivity contribution in [1.82, 2.24) is 4.98 Å². The Balaban J connectivity index is 2.22. The van der Waals surface area contributed by atoms with Crippen LogP contribution in [0.15, 0.2) is 18.3 Å². The summed E-state index contributed by atoms with van der Waals surface area (Å²) in [6.45, 7) is 0. The van der Waals surface area contributed by atoms with Crippen LogP contribution in [0.3, 0.4) is 0 Å². The van der Waals surface area contributed by atoms with Crippen molar-refractivity contribution in [3.8, 4) is 5.88 Å². The number of pyridine rings is 1. The first kappa shape index (κ1) is 10.6. The van der Waals surface area contributed by atoms with Crippen LogP contribution >= 0.6 is 0 Å². The average molecular weight is 221 g/mol. The second-order valence-corrected chi connectivity index (χ2v) is 3.58. The van der Waals surface area contributed by atoms with Gasteiger partial charge in [-0.15, -0.1) is 0 Å². The predicted molar refractivity (Wildman–Crippen MR) is 53.9 cm³/mol. The third-order valence-corrected chi connectivity index (χ3v) is 2.49. The van der Waals surface area contributed by atoms with Crippen molar-refractivity contribution >= 4 is 11.9 Å². The number of cyclic esters (lactones) is 2. The number of ether oxygens (including phenoxy) is 2. The number of nitrogens with zero attached hydrogens (tertiary/aromatic N) is 1. The van der Waals surface area contributed by atoms with Gasteiger partial charge < -0.3 is 9.47 Å². The van der Waals surface area contributed by atoms with Gasteiger partial charge in [0.05, 0.1) is 20.0 Å². The second-order valence-electron chi connectivity index (χ2n) is 3.58. The molecule has 1 aliphatic rings. The molecule has 0 N–H and O–H groups in total. The fraction of sp³-hybridized carbons (Fsp3) is 0.364. The van der Waals surface area contributed by atoms with Gasteiger partial charge >= 0.3 is 11.9 Å². The van der Waals surface area contributed by atoms with E-state index < -0.39 is 11.9 Å². The summed E-state index contributed by atoms with van der Waals surface area (Å²) in [4.78, 5) is 26.2. The van der Waals surface area contributed by atoms with Crippen LogP contribution < -0.4 is 4.74 Å². The zero-order valence-electron chi connectivity index (χ0n) is 8.80. The number of esters is 2. The summed E-state index contributed by atoms with van der Waals surface area (Å²) >= 11 is 0. The van der Waals surface area contributed by atoms with Crippen molar-refractivity contribution in [2.75, 3.05) is 7.11 Å². The van der Waals surface area contributed by atoms with Gasteiger partial charge in [0.2, 0.25) is 5.88 Å². The Bertz CT molecular complexity index is 414. The third kappa shape index (κ3) is 2.18. The lowest BCUT2D eigenvalue weighted by Gasteiger charge is -2.20. The topological polar surface area (TPSA) is 65.5 Å². The lowest BCUT2D eigenvalue weighted by atomic mass is 9.92. The third-order valence-electron chi connectivity index (χ3n) is 2.49. The maximum Gasteiger partial charge on any atom is 0.314 e. The lowest BCUT2D eigenvalue weighted by Crippen LogP contribution is -2.24. The van der Waals surface area contributed by atoms with Gasteiger partial charge in [0.1, 0.15) is 0 Å². The zero-order valence-corrected chi connectivity index (χ0v) is 8.80. The van der Waals surface area contributed by atoms with E-state index in [4.69, 9.17) is 4.74 Å². The Morgan fingerprint density at radius 1 is 1.38 bits per heavy atom. The van der Waals surface area contributed by atoms with Gasteiger partial charge in [0.15, 0.2) is 0 Å². The smallest absolute Gasteiger partial charge is 0.314 e. The molecule has 1 aliphatic heterocycles. The molecule has 0 spiro atoms. The first-order valence-corrected chi connectivity index (χ1v) is 4.92. The number of hydrogen-bond acceptors (Lipinski definition) is 5. The van der Waals surface area contributed by atoms with Crippen LogP contribution in [-0.2, 0) is 14.3 Å². The molecule has 0 aliphatic carbocycles. The van der Waals surface area contributed by atoms with Gasteiger partial charge in [-0.1, -0.05) is 0 Å². The van der Waals surface area contributed by atoms with Crippen molar-refractivity contribution in [2.45, 2.75) is 18.8 Å². The number of carbonyl (C=O) groups excluding carboxylic acids is 2. The van der Waals surface area contributed by atoms with E-state index in [1.165, 1.54) is 7.11 Å². The summed E-state index contributed by atoms with van der Waals surface area (Å²) in [6, 6.07) is 3.51. The minimum atomic E-state index is -0.475. The molecular weight excluding hydrogens is 210 g/mol. The van der Waals surface area contributed by atoms with Crippen molar-refractivity contribution in [1.29, 1.82) is 0 Å². The highest BCUT2D eigenvalue weighted by atomic mass is 16.6. The number of rotatable bonds is 2. The Kier molecular flexibility index (Phi) is 2.85. The molecule has 0 unspecified atom stereocenters. The Labute approximate surface area is 92.4 Å². The standard InChI is InChI=1S/C11H11NO4/c1-15-9-4-7(2-3-12-9)8-5-10(13)16-11(14)6-8/h2-4,8H,5-6H2,1H3. The molecule has 5 heteroatoms. The van der Waals surface area contributed by atoms with Crippen LogP contribution in [0.5, 0.6) is 5.88 Å². The molecule has 1 saturated heterocycles. The molecule has 0 atom stereocenters. The van der Waals surface area contributed by atoms with E-state index >= 15 is 0 Å². The molecule has 1 aromatic heterocycles. The molecule has 2 rings (SSSR count). The van der Waals surface area contributed by atoms with Crippen LogP contribution in [0.1, 0.15) is 24.3 Å². The molecular formula is C11H11NO4. The fourth-order valence-electron chi connectivity index (χ4n) is 1.71. The molecule has 0 bridgehead atoms. The zero-order chi connectivity index (χ0) is 11.5. The van der Waals surface area contributed by atoms with E-state index in [1.807, 2.05) is 0 Å². The SMILES string of the molecule is COc1cc(C2CC(=O)OC(=O)C2)ccn1. The van der Waals surface area contributed by atoms with E-state index in [2.05, 4.69) is 9.72 Å². The van der Waals surface area contributed by atoms with E-state index in [0.29, 0.717) is 5.88 Å². The Morgan fingerprint density at radius 2 is 2.06 bits per heavy atom. The monoisotopic (exact) mass is 221 g/mol. The molecule has 5 nitrogen and oxygen atoms in total. The molecule has 1 fully saturated rings. The highest BCUT2D eigenvalue weighted by Gasteiger charge is 2.28. The van der Waals surface area contributed by atoms with Gasteiger partial charge in [0.25, 0.3) is 0 Å². The largest absolute Gasteiger partial charge is 0.481 e. The normalized spacial score (nSPS) is 17.1. The molecule has 0 aromatic carbocycles. The van der Waals surface area contributed by atoms with Crippen LogP contribution in [0.2, 0.25) is 0 Å². The number of carbonyl (C=O) groups is 2. The number of hydrogen-bond donors (Lipinski definition) is 0. The summed E-state index contributed by atoms with van der Waals surface area (Å²) < 4.78 is 9.46. The van der Waals surface area contributed by atoms with Gasteiger partial charge in [-0.2, -0.15) is 0 Å². The van der Waals surface area contributed by atoms with Crippen molar-refractivity contribution < 1.29 is 19.1 Å². The quantitative estimate of drug-likeness (QED) is 0.551. The minimum Gasteiger partial charge on any atom is -0.481 e. The summed E-state index contributed by atoms with van der Waals surface area (Å²) in [7, 11) is 1.52. The molecule has 2 heterocycles. The van der Waals surface area contributed by atoms with Gasteiger partial charge in [-0.25, -0.2) is 4.98 Å². The van der Waals surface area contributed by atoms with Crippen molar-refractivity contribution in [3.63, 3.8) is 0 Å². The van der Waals surface area contributed by atoms with E-state index in [1.54, 1.807) is 18.3 Å². The minimum absolute atomic E-state index is 0.134. The maximum absolute atomic E-state index is 11.1. The van der Waals surface area contributed by atoms with E-state index in [0.717, 1.165) is 5.56 Å². The van der Waals surface area contributed by atoms with Crippen LogP contribution in [0.25, 0.3) is 0 Å². The Morgan fingerprint density at radius 3 is 2.69 bits per heavy atom. The highest BCUT2D eigenvalue weighted by molar-refractivity contribution is 5.89. The van der Waals surface area contributed by atoms with Crippen molar-refractivity contribution in [3.05, 3.63) is 23.9 Å². The molecule has 1 aromatic rings. The second kappa shape index (κ2) is 4.30. The van der Waals surface area contributed by atoms with Crippen LogP contribution in [0, 0.1) is 0 Å². The lowest BCUT2D eigenvalue weighted by molar-refractivity contribution is -0.163. The molecule has 0 amide bonds. The number of methoxy groups -OCH3 is 1. The molecule has 16 heavy (non-hydrogen) atoms. The van der Waals surface area contributed by atoms with Crippen LogP contribution in [0.4, 0.5) is 0 Å². The summed E-state index contributed by atoms with van der Waals surface area (Å²) in [5.41, 5.74) is 0.872. The number of aromatic nitrogens is 1. The fourth-order valence-corrected chi connectivity index (χ4v) is 1.71. The van der Waals surface area contributed by atoms with E-state index in [-0.39, 0.29) is 18.8 Å². The summed E-state index contributed by atoms with van der Waals surface area (Å²) in [5, 5.41) is 0. The molecule has 84 valence electrons. The first-order valence-electron chi connectivity index (χ1n) is 4.92. The predicted octanol–water partition coefficient (Wildman–Crippen LogP) is 1.04. The van der Waals surface area contributed by atoms with Gasteiger partial charge in [-0.05, 0) is 11.6 Å². The first-order chi connectivity index (χ1) is 7.69. The van der Waals surface area contributed by atoms with Gasteiger partial charge in [-0.3, -0.25) is 9.59 Å². The summed E-state index contributed by atoms with van der Waals surface area (Å²) in [5.74, 6) is -0.608. The van der Waals surface area contributed by atoms with E-state index in [9.17, 15) is 9.59 Å². The van der Waals surface area contributed by atoms with Crippen molar-refractivity contribution in [2.24, 2.45) is 0 Å². The molecule has 0 radical (unpaired) electrons. The summed E-state index contributed by atoms with van der Waals surface area (Å²) in [6.07, 6.45) is 2.04.